The van der Waals surface area contributed by atoms with Gasteiger partial charge in [0.1, 0.15) is 0 Å². The average molecular weight is 769 g/mol. The molecule has 10 rings (SSSR count). The number of nitrogens with zero attached hydrogens (tertiary/aromatic N) is 2. The highest BCUT2D eigenvalue weighted by molar-refractivity contribution is 6.22. The van der Waals surface area contributed by atoms with Gasteiger partial charge in [-0.05, 0) is 117 Å². The fraction of sp³-hybridized carbons (Fsp3) is 0. The van der Waals surface area contributed by atoms with Gasteiger partial charge in [-0.15, -0.1) is 0 Å². The number of aliphatic imine (C=N–C) groups is 1. The van der Waals surface area contributed by atoms with Crippen LogP contribution in [0.5, 0.6) is 0 Å². The summed E-state index contributed by atoms with van der Waals surface area (Å²) in [6, 6.07) is 75.9. The van der Waals surface area contributed by atoms with Crippen LogP contribution in [0.2, 0.25) is 0 Å². The predicted molar refractivity (Wildman–Crippen MR) is 254 cm³/mol. The Morgan fingerprint density at radius 3 is 1.75 bits per heavy atom. The van der Waals surface area contributed by atoms with Crippen molar-refractivity contribution in [3.8, 4) is 27.9 Å². The lowest BCUT2D eigenvalue weighted by molar-refractivity contribution is 1.18. The Morgan fingerprint density at radius 2 is 1.07 bits per heavy atom. The quantitative estimate of drug-likeness (QED) is 0.111. The lowest BCUT2D eigenvalue weighted by Crippen LogP contribution is -2.09. The van der Waals surface area contributed by atoms with Gasteiger partial charge in [-0.25, -0.2) is 4.99 Å². The van der Waals surface area contributed by atoms with Crippen molar-refractivity contribution in [3.05, 3.63) is 247 Å². The summed E-state index contributed by atoms with van der Waals surface area (Å²) in [6.07, 6.45) is 4.11. The number of aromatic nitrogens is 1. The van der Waals surface area contributed by atoms with Crippen molar-refractivity contribution in [2.45, 2.75) is 0 Å². The third-order valence-electron chi connectivity index (χ3n) is 11.1. The number of hydrogen-bond acceptors (Lipinski definition) is 2. The molecule has 0 saturated heterocycles. The van der Waals surface area contributed by atoms with Crippen molar-refractivity contribution >= 4 is 55.9 Å². The molecular weight excluding hydrogens is 729 g/mol. The first-order valence-corrected chi connectivity index (χ1v) is 20.2. The van der Waals surface area contributed by atoms with Gasteiger partial charge in [-0.3, -0.25) is 5.41 Å². The van der Waals surface area contributed by atoms with Crippen molar-refractivity contribution in [2.24, 2.45) is 4.99 Å². The molecule has 0 amide bonds. The Hall–Kier alpha value is -8.08. The van der Waals surface area contributed by atoms with E-state index in [-0.39, 0.29) is 5.84 Å². The summed E-state index contributed by atoms with van der Waals surface area (Å²) in [7, 11) is 0. The highest BCUT2D eigenvalue weighted by Gasteiger charge is 2.17. The van der Waals surface area contributed by atoms with Crippen molar-refractivity contribution in [1.82, 2.24) is 4.57 Å². The molecule has 0 aliphatic rings. The van der Waals surface area contributed by atoms with E-state index in [2.05, 4.69) is 174 Å². The summed E-state index contributed by atoms with van der Waals surface area (Å²) in [4.78, 5) is 5.12. The Labute approximate surface area is 349 Å². The zero-order valence-electron chi connectivity index (χ0n) is 32.8. The van der Waals surface area contributed by atoms with Crippen LogP contribution in [0.4, 0.5) is 5.69 Å². The van der Waals surface area contributed by atoms with Crippen LogP contribution < -0.4 is 5.32 Å². The molecule has 284 valence electrons. The van der Waals surface area contributed by atoms with E-state index in [1.54, 1.807) is 0 Å². The molecule has 0 unspecified atom stereocenters. The number of para-hydroxylation sites is 1. The maximum absolute atomic E-state index is 9.42. The lowest BCUT2D eigenvalue weighted by Gasteiger charge is -2.14. The van der Waals surface area contributed by atoms with E-state index in [4.69, 9.17) is 4.99 Å². The van der Waals surface area contributed by atoms with Crippen LogP contribution in [0, 0.1) is 5.41 Å². The number of nitrogens with one attached hydrogen (secondary N) is 2. The molecule has 10 aromatic rings. The van der Waals surface area contributed by atoms with Gasteiger partial charge in [0.05, 0.1) is 16.7 Å². The number of rotatable bonds is 9. The monoisotopic (exact) mass is 768 g/mol. The van der Waals surface area contributed by atoms with Crippen molar-refractivity contribution in [2.75, 3.05) is 5.32 Å². The normalized spacial score (nSPS) is 11.8. The number of anilines is 1. The fourth-order valence-electron chi connectivity index (χ4n) is 8.15. The Balaban J connectivity index is 1.05. The molecule has 1 aromatic heterocycles. The summed E-state index contributed by atoms with van der Waals surface area (Å²) in [5.74, 6) is 0.195. The zero-order chi connectivity index (χ0) is 40.3. The average Bonchev–Trinajstić information content (AvgIpc) is 3.66. The predicted octanol–water partition coefficient (Wildman–Crippen LogP) is 14.2. The van der Waals surface area contributed by atoms with Crippen LogP contribution in [-0.2, 0) is 0 Å². The SMILES string of the molecule is N=C(N=C(c1ccccc1)c1cc(-c2ccccc2)cc(-c2ccccc2)c1)c1ccc(-n2c3ccc(/C=C\Nc4ccccc4)cc3c3c4ccccc4ccc32)cc1. The van der Waals surface area contributed by atoms with Gasteiger partial charge in [-0.2, -0.15) is 0 Å². The lowest BCUT2D eigenvalue weighted by atomic mass is 9.92. The first-order chi connectivity index (χ1) is 29.7. The van der Waals surface area contributed by atoms with Gasteiger partial charge < -0.3 is 9.88 Å². The van der Waals surface area contributed by atoms with E-state index in [0.29, 0.717) is 0 Å². The number of benzene rings is 9. The Morgan fingerprint density at radius 1 is 0.467 bits per heavy atom. The summed E-state index contributed by atoms with van der Waals surface area (Å²) < 4.78 is 2.33. The van der Waals surface area contributed by atoms with Gasteiger partial charge in [0.15, 0.2) is 5.84 Å². The molecule has 0 radical (unpaired) electrons. The van der Waals surface area contributed by atoms with E-state index in [1.165, 1.54) is 21.5 Å². The van der Waals surface area contributed by atoms with Crippen LogP contribution in [0.15, 0.2) is 230 Å². The molecule has 0 aliphatic heterocycles. The van der Waals surface area contributed by atoms with Crippen LogP contribution in [0.1, 0.15) is 22.3 Å². The first-order valence-electron chi connectivity index (χ1n) is 20.2. The van der Waals surface area contributed by atoms with Gasteiger partial charge in [0, 0.05) is 45.0 Å². The van der Waals surface area contributed by atoms with E-state index < -0.39 is 0 Å². The van der Waals surface area contributed by atoms with Crippen LogP contribution in [-0.4, -0.2) is 16.1 Å². The molecule has 2 N–H and O–H groups in total. The molecule has 0 aliphatic carbocycles. The van der Waals surface area contributed by atoms with E-state index in [9.17, 15) is 5.41 Å². The minimum absolute atomic E-state index is 0.195. The molecular formula is C56H40N4. The van der Waals surface area contributed by atoms with Gasteiger partial charge in [0.25, 0.3) is 0 Å². The molecule has 0 saturated carbocycles. The largest absolute Gasteiger partial charge is 0.362 e. The van der Waals surface area contributed by atoms with E-state index >= 15 is 0 Å². The Bertz CT molecular complexity index is 3140. The molecule has 4 nitrogen and oxygen atoms in total. The zero-order valence-corrected chi connectivity index (χ0v) is 32.8. The molecule has 0 spiro atoms. The fourth-order valence-corrected chi connectivity index (χ4v) is 8.15. The third-order valence-corrected chi connectivity index (χ3v) is 11.1. The van der Waals surface area contributed by atoms with E-state index in [0.717, 1.165) is 72.6 Å². The van der Waals surface area contributed by atoms with Crippen molar-refractivity contribution < 1.29 is 0 Å². The first kappa shape index (κ1) is 36.3. The highest BCUT2D eigenvalue weighted by atomic mass is 15.0. The van der Waals surface area contributed by atoms with Gasteiger partial charge >= 0.3 is 0 Å². The molecule has 0 bridgehead atoms. The maximum atomic E-state index is 9.42. The second kappa shape index (κ2) is 16.0. The highest BCUT2D eigenvalue weighted by Crippen LogP contribution is 2.38. The molecule has 60 heavy (non-hydrogen) atoms. The summed E-state index contributed by atoms with van der Waals surface area (Å²) in [5.41, 5.74) is 13.3. The maximum Gasteiger partial charge on any atom is 0.152 e. The van der Waals surface area contributed by atoms with Crippen LogP contribution in [0.3, 0.4) is 0 Å². The summed E-state index contributed by atoms with van der Waals surface area (Å²) >= 11 is 0. The number of amidine groups is 1. The standard InChI is InChI=1S/C56H40N4/c57-56(59-55(43-20-9-3-10-21-43)47-37-45(40-15-5-1-6-16-40)36-46(38-47)41-17-7-2-8-18-41)44-26-29-49(30-27-44)60-52-31-25-39(33-34-58-48-22-11-4-12-23-48)35-51(52)54-50-24-14-13-19-42(50)28-32-53(54)60/h1-38,57-58H/b34-33-,57-56?,59-55?. The van der Waals surface area contributed by atoms with Crippen LogP contribution >= 0.6 is 0 Å². The molecule has 1 heterocycles. The summed E-state index contributed by atoms with van der Waals surface area (Å²) in [5, 5.41) is 17.6. The minimum Gasteiger partial charge on any atom is -0.362 e. The number of fused-ring (bicyclic) bond motifs is 5. The Kier molecular flexibility index (Phi) is 9.70. The second-order valence-corrected chi connectivity index (χ2v) is 14.9. The van der Waals surface area contributed by atoms with Gasteiger partial charge in [0.2, 0.25) is 0 Å². The van der Waals surface area contributed by atoms with Crippen molar-refractivity contribution in [1.29, 1.82) is 5.41 Å². The van der Waals surface area contributed by atoms with Gasteiger partial charge in [-0.1, -0.05) is 146 Å². The minimum atomic E-state index is 0.195. The molecule has 0 atom stereocenters. The van der Waals surface area contributed by atoms with Crippen LogP contribution in [0.25, 0.3) is 66.6 Å². The second-order valence-electron chi connectivity index (χ2n) is 14.9. The third kappa shape index (κ3) is 7.19. The molecule has 9 aromatic carbocycles. The smallest absolute Gasteiger partial charge is 0.152 e. The summed E-state index contributed by atoms with van der Waals surface area (Å²) in [6.45, 7) is 0. The number of hydrogen-bond donors (Lipinski definition) is 2. The van der Waals surface area contributed by atoms with Crippen molar-refractivity contribution in [3.63, 3.8) is 0 Å². The molecule has 0 fully saturated rings. The topological polar surface area (TPSA) is 53.2 Å². The molecule has 4 heteroatoms. The van der Waals surface area contributed by atoms with E-state index in [1.807, 2.05) is 66.9 Å².